The minimum absolute atomic E-state index is 0.0875. The van der Waals surface area contributed by atoms with Crippen molar-refractivity contribution in [1.82, 2.24) is 10.2 Å². The number of aromatic nitrogens is 2. The first-order chi connectivity index (χ1) is 11.7. The molecule has 0 fully saturated rings. The Morgan fingerprint density at radius 3 is 2.71 bits per heavy atom. The maximum absolute atomic E-state index is 11.7. The highest BCUT2D eigenvalue weighted by Crippen LogP contribution is 2.17. The maximum Gasteiger partial charge on any atom is 0.344 e. The number of carbonyl (C=O) groups excluding carboxylic acids is 1. The zero-order valence-corrected chi connectivity index (χ0v) is 13.1. The Hall–Kier alpha value is -3.15. The van der Waals surface area contributed by atoms with Gasteiger partial charge in [0.25, 0.3) is 5.89 Å². The van der Waals surface area contributed by atoms with E-state index in [0.29, 0.717) is 11.6 Å². The molecule has 0 aliphatic heterocycles. The van der Waals surface area contributed by atoms with Gasteiger partial charge in [0.05, 0.1) is 0 Å². The second-order valence-corrected chi connectivity index (χ2v) is 5.13. The molecule has 0 amide bonds. The summed E-state index contributed by atoms with van der Waals surface area (Å²) < 4.78 is 15.9. The normalized spacial score (nSPS) is 10.4. The van der Waals surface area contributed by atoms with Crippen molar-refractivity contribution >= 4 is 5.97 Å². The van der Waals surface area contributed by atoms with Crippen LogP contribution in [-0.4, -0.2) is 22.8 Å². The van der Waals surface area contributed by atoms with Crippen LogP contribution in [0.3, 0.4) is 0 Å². The van der Waals surface area contributed by atoms with E-state index in [1.807, 2.05) is 55.5 Å². The fraction of sp³-hybridized carbons (Fsp3) is 0.167. The van der Waals surface area contributed by atoms with Crippen molar-refractivity contribution in [2.45, 2.75) is 13.5 Å². The van der Waals surface area contributed by atoms with Gasteiger partial charge in [0.2, 0.25) is 5.89 Å². The Morgan fingerprint density at radius 2 is 1.92 bits per heavy atom. The van der Waals surface area contributed by atoms with Crippen LogP contribution in [0.4, 0.5) is 0 Å². The molecule has 3 aromatic rings. The van der Waals surface area contributed by atoms with Crippen molar-refractivity contribution in [2.24, 2.45) is 0 Å². The Bertz CT molecular complexity index is 815. The molecule has 0 aliphatic rings. The quantitative estimate of drug-likeness (QED) is 0.648. The van der Waals surface area contributed by atoms with E-state index in [4.69, 9.17) is 13.9 Å². The number of ether oxygens (including phenoxy) is 2. The van der Waals surface area contributed by atoms with E-state index in [-0.39, 0.29) is 19.1 Å². The predicted molar refractivity (Wildman–Crippen MR) is 86.2 cm³/mol. The maximum atomic E-state index is 11.7. The predicted octanol–water partition coefficient (Wildman–Crippen LogP) is 3.17. The molecule has 6 heteroatoms. The van der Waals surface area contributed by atoms with Gasteiger partial charge in [-0.3, -0.25) is 0 Å². The molecule has 0 atom stereocenters. The van der Waals surface area contributed by atoms with E-state index >= 15 is 0 Å². The van der Waals surface area contributed by atoms with Crippen molar-refractivity contribution in [1.29, 1.82) is 0 Å². The van der Waals surface area contributed by atoms with Crippen LogP contribution in [0.5, 0.6) is 5.75 Å². The van der Waals surface area contributed by atoms with Crippen LogP contribution >= 0.6 is 0 Å². The zero-order chi connectivity index (χ0) is 16.8. The van der Waals surface area contributed by atoms with Crippen LogP contribution in [-0.2, 0) is 16.1 Å². The molecule has 2 aromatic carbocycles. The Balaban J connectivity index is 1.49. The molecule has 6 nitrogen and oxygen atoms in total. The van der Waals surface area contributed by atoms with Crippen molar-refractivity contribution in [3.05, 3.63) is 66.1 Å². The Labute approximate surface area is 139 Å². The minimum Gasteiger partial charge on any atom is -0.482 e. The lowest BCUT2D eigenvalue weighted by molar-refractivity contribution is -0.148. The van der Waals surface area contributed by atoms with Crippen molar-refractivity contribution < 1.29 is 18.7 Å². The van der Waals surface area contributed by atoms with E-state index in [1.165, 1.54) is 0 Å². The monoisotopic (exact) mass is 324 g/mol. The van der Waals surface area contributed by atoms with E-state index < -0.39 is 5.97 Å². The molecule has 0 saturated carbocycles. The minimum atomic E-state index is -0.504. The fourth-order valence-corrected chi connectivity index (χ4v) is 2.04. The van der Waals surface area contributed by atoms with Crippen LogP contribution < -0.4 is 4.74 Å². The van der Waals surface area contributed by atoms with Gasteiger partial charge in [0.15, 0.2) is 13.2 Å². The molecule has 0 radical (unpaired) electrons. The van der Waals surface area contributed by atoms with Crippen molar-refractivity contribution in [3.8, 4) is 17.2 Å². The highest BCUT2D eigenvalue weighted by atomic mass is 16.6. The molecule has 0 bridgehead atoms. The van der Waals surface area contributed by atoms with Crippen LogP contribution in [0, 0.1) is 6.92 Å². The van der Waals surface area contributed by atoms with Crippen LogP contribution in [0.25, 0.3) is 11.5 Å². The van der Waals surface area contributed by atoms with Crippen LogP contribution in [0.1, 0.15) is 11.5 Å². The number of hydrogen-bond acceptors (Lipinski definition) is 6. The highest BCUT2D eigenvalue weighted by Gasteiger charge is 2.11. The number of nitrogens with zero attached hydrogens (tertiary/aromatic N) is 2. The van der Waals surface area contributed by atoms with E-state index in [1.54, 1.807) is 6.07 Å². The second-order valence-electron chi connectivity index (χ2n) is 5.13. The summed E-state index contributed by atoms with van der Waals surface area (Å²) in [6.07, 6.45) is 0. The molecule has 0 spiro atoms. The summed E-state index contributed by atoms with van der Waals surface area (Å²) in [7, 11) is 0. The molecule has 122 valence electrons. The summed E-state index contributed by atoms with van der Waals surface area (Å²) in [4.78, 5) is 11.7. The van der Waals surface area contributed by atoms with Gasteiger partial charge in [-0.2, -0.15) is 0 Å². The Morgan fingerprint density at radius 1 is 1.08 bits per heavy atom. The molecule has 1 aromatic heterocycles. The van der Waals surface area contributed by atoms with Crippen molar-refractivity contribution in [3.63, 3.8) is 0 Å². The molecular weight excluding hydrogens is 308 g/mol. The summed E-state index contributed by atoms with van der Waals surface area (Å²) in [5.41, 5.74) is 1.87. The molecule has 0 saturated heterocycles. The largest absolute Gasteiger partial charge is 0.482 e. The first kappa shape index (κ1) is 15.7. The van der Waals surface area contributed by atoms with Gasteiger partial charge in [-0.25, -0.2) is 4.79 Å². The molecule has 24 heavy (non-hydrogen) atoms. The lowest BCUT2D eigenvalue weighted by Crippen LogP contribution is -2.14. The lowest BCUT2D eigenvalue weighted by Gasteiger charge is -2.06. The molecule has 1 heterocycles. The molecular formula is C18H16N2O4. The van der Waals surface area contributed by atoms with Gasteiger partial charge in [0.1, 0.15) is 5.75 Å². The number of esters is 1. The number of carbonyl (C=O) groups is 1. The standard InChI is InChI=1S/C18H16N2O4/c1-13-6-5-9-15(10-13)22-12-17(21)23-11-16-19-20-18(24-16)14-7-3-2-4-8-14/h2-10H,11-12H2,1H3. The summed E-state index contributed by atoms with van der Waals surface area (Å²) in [6.45, 7) is 1.68. The first-order valence-electron chi connectivity index (χ1n) is 7.43. The first-order valence-corrected chi connectivity index (χ1v) is 7.43. The number of hydrogen-bond donors (Lipinski definition) is 0. The third-order valence-corrected chi connectivity index (χ3v) is 3.19. The van der Waals surface area contributed by atoms with Gasteiger partial charge in [-0.15, -0.1) is 10.2 Å². The molecule has 0 N–H and O–H groups in total. The van der Waals surface area contributed by atoms with E-state index in [9.17, 15) is 4.79 Å². The molecule has 0 aliphatic carbocycles. The fourth-order valence-electron chi connectivity index (χ4n) is 2.04. The third kappa shape index (κ3) is 4.19. The van der Waals surface area contributed by atoms with Gasteiger partial charge < -0.3 is 13.9 Å². The summed E-state index contributed by atoms with van der Waals surface area (Å²) in [5.74, 6) is 0.738. The number of rotatable bonds is 6. The number of aryl methyl sites for hydroxylation is 1. The van der Waals surface area contributed by atoms with Crippen LogP contribution in [0.15, 0.2) is 59.0 Å². The average molecular weight is 324 g/mol. The summed E-state index contributed by atoms with van der Waals surface area (Å²) in [5, 5.41) is 7.79. The van der Waals surface area contributed by atoms with E-state index in [0.717, 1.165) is 11.1 Å². The average Bonchev–Trinajstić information content (AvgIpc) is 3.08. The lowest BCUT2D eigenvalue weighted by atomic mass is 10.2. The topological polar surface area (TPSA) is 74.5 Å². The van der Waals surface area contributed by atoms with E-state index in [2.05, 4.69) is 10.2 Å². The smallest absolute Gasteiger partial charge is 0.344 e. The summed E-state index contributed by atoms with van der Waals surface area (Å²) >= 11 is 0. The van der Waals surface area contributed by atoms with Gasteiger partial charge in [-0.1, -0.05) is 30.3 Å². The van der Waals surface area contributed by atoms with Crippen LogP contribution in [0.2, 0.25) is 0 Å². The molecule has 0 unspecified atom stereocenters. The molecule has 3 rings (SSSR count). The summed E-state index contributed by atoms with van der Waals surface area (Å²) in [6, 6.07) is 16.8. The van der Waals surface area contributed by atoms with Gasteiger partial charge in [0, 0.05) is 5.56 Å². The zero-order valence-electron chi connectivity index (χ0n) is 13.1. The van der Waals surface area contributed by atoms with Crippen molar-refractivity contribution in [2.75, 3.05) is 6.61 Å². The number of benzene rings is 2. The van der Waals surface area contributed by atoms with Gasteiger partial charge >= 0.3 is 5.97 Å². The second kappa shape index (κ2) is 7.41. The SMILES string of the molecule is Cc1cccc(OCC(=O)OCc2nnc(-c3ccccc3)o2)c1. The van der Waals surface area contributed by atoms with Gasteiger partial charge in [-0.05, 0) is 36.8 Å². The Kier molecular flexibility index (Phi) is 4.86. The third-order valence-electron chi connectivity index (χ3n) is 3.19. The highest BCUT2D eigenvalue weighted by molar-refractivity contribution is 5.71.